The normalized spacial score (nSPS) is 12.4. The Hall–Kier alpha value is -4.65. The molecule has 0 saturated carbocycles. The highest BCUT2D eigenvalue weighted by molar-refractivity contribution is 5.92. The number of carbonyl (C=O) groups is 2. The van der Waals surface area contributed by atoms with Gasteiger partial charge in [0.25, 0.3) is 0 Å². The summed E-state index contributed by atoms with van der Waals surface area (Å²) in [6.07, 6.45) is 3.48. The van der Waals surface area contributed by atoms with Gasteiger partial charge in [0, 0.05) is 42.6 Å². The third-order valence-electron chi connectivity index (χ3n) is 7.59. The Bertz CT molecular complexity index is 1420. The maximum absolute atomic E-state index is 14.4. The van der Waals surface area contributed by atoms with Crippen molar-refractivity contribution in [1.82, 2.24) is 15.2 Å². The van der Waals surface area contributed by atoms with E-state index in [1.807, 2.05) is 130 Å². The number of methoxy groups -OCH3 is 1. The van der Waals surface area contributed by atoms with Crippen molar-refractivity contribution in [2.75, 3.05) is 18.6 Å². The molecule has 2 atom stereocenters. The molecule has 0 bridgehead atoms. The lowest BCUT2D eigenvalue weighted by atomic mass is 9.80. The molecule has 0 saturated heterocycles. The van der Waals surface area contributed by atoms with Gasteiger partial charge in [-0.3, -0.25) is 14.7 Å². The highest BCUT2D eigenvalue weighted by Crippen LogP contribution is 2.35. The molecule has 0 spiro atoms. The molecule has 3 amide bonds. The molecule has 1 N–H and O–H groups in total. The summed E-state index contributed by atoms with van der Waals surface area (Å²) in [6.45, 7) is 8.77. The molecular weight excluding hydrogens is 536 g/mol. The number of amides is 3. The molecule has 0 aliphatic heterocycles. The number of nitrogens with one attached hydrogen (secondary N) is 1. The van der Waals surface area contributed by atoms with Crippen LogP contribution in [-0.4, -0.2) is 47.6 Å². The standard InChI is InChI=1S/C36H42N4O3/c1-26(2)40(27(3)4)35(41)34(30-15-12-22-37-23-30)33(29-13-8-6-9-14-29)24-38-36(42)39(31-16-10-7-11-17-31)25-28-18-20-32(43-5)21-19-28/h6-23,26-27,33-34H,24-25H2,1-5H3,(H,38,42). The van der Waals surface area contributed by atoms with Crippen LogP contribution in [0.5, 0.6) is 5.75 Å². The van der Waals surface area contributed by atoms with Crippen molar-refractivity contribution >= 4 is 17.6 Å². The lowest BCUT2D eigenvalue weighted by Gasteiger charge is -2.37. The van der Waals surface area contributed by atoms with Gasteiger partial charge in [0.2, 0.25) is 5.91 Å². The van der Waals surface area contributed by atoms with Crippen LogP contribution in [0.25, 0.3) is 0 Å². The molecule has 0 aliphatic rings. The highest BCUT2D eigenvalue weighted by atomic mass is 16.5. The van der Waals surface area contributed by atoms with Crippen LogP contribution in [0, 0.1) is 0 Å². The number of ether oxygens (including phenoxy) is 1. The molecule has 7 nitrogen and oxygen atoms in total. The van der Waals surface area contributed by atoms with E-state index in [1.165, 1.54) is 0 Å². The van der Waals surface area contributed by atoms with Crippen LogP contribution in [0.1, 0.15) is 56.2 Å². The second-order valence-corrected chi connectivity index (χ2v) is 11.2. The van der Waals surface area contributed by atoms with Crippen molar-refractivity contribution < 1.29 is 14.3 Å². The molecule has 4 aromatic rings. The topological polar surface area (TPSA) is 74.8 Å². The average molecular weight is 579 g/mol. The smallest absolute Gasteiger partial charge is 0.322 e. The summed E-state index contributed by atoms with van der Waals surface area (Å²) >= 11 is 0. The largest absolute Gasteiger partial charge is 0.497 e. The van der Waals surface area contributed by atoms with Crippen LogP contribution in [0.3, 0.4) is 0 Å². The zero-order chi connectivity index (χ0) is 30.8. The minimum atomic E-state index is -0.548. The zero-order valence-corrected chi connectivity index (χ0v) is 25.7. The van der Waals surface area contributed by atoms with Crippen molar-refractivity contribution in [3.8, 4) is 5.75 Å². The number of hydrogen-bond donors (Lipinski definition) is 1. The van der Waals surface area contributed by atoms with E-state index in [0.29, 0.717) is 6.54 Å². The van der Waals surface area contributed by atoms with Crippen molar-refractivity contribution in [3.05, 3.63) is 126 Å². The van der Waals surface area contributed by atoms with E-state index in [-0.39, 0.29) is 36.5 Å². The third kappa shape index (κ3) is 8.01. The summed E-state index contributed by atoms with van der Waals surface area (Å²) in [6, 6.07) is 30.8. The lowest BCUT2D eigenvalue weighted by molar-refractivity contribution is -0.137. The molecule has 7 heteroatoms. The maximum atomic E-state index is 14.4. The number of nitrogens with zero attached hydrogens (tertiary/aromatic N) is 3. The number of pyridine rings is 1. The highest BCUT2D eigenvalue weighted by Gasteiger charge is 2.36. The maximum Gasteiger partial charge on any atom is 0.322 e. The van der Waals surface area contributed by atoms with Crippen LogP contribution >= 0.6 is 0 Å². The zero-order valence-electron chi connectivity index (χ0n) is 25.7. The van der Waals surface area contributed by atoms with Gasteiger partial charge in [-0.2, -0.15) is 0 Å². The summed E-state index contributed by atoms with van der Waals surface area (Å²) in [5, 5.41) is 3.20. The Morgan fingerprint density at radius 3 is 1.95 bits per heavy atom. The number of benzene rings is 3. The molecule has 1 heterocycles. The molecule has 43 heavy (non-hydrogen) atoms. The first-order valence-corrected chi connectivity index (χ1v) is 14.8. The van der Waals surface area contributed by atoms with Gasteiger partial charge in [-0.1, -0.05) is 66.7 Å². The molecule has 2 unspecified atom stereocenters. The minimum Gasteiger partial charge on any atom is -0.497 e. The number of rotatable bonds is 12. The SMILES string of the molecule is COc1ccc(CN(C(=O)NCC(c2ccccc2)C(C(=O)N(C(C)C)C(C)C)c2cccnc2)c2ccccc2)cc1. The summed E-state index contributed by atoms with van der Waals surface area (Å²) in [5.74, 6) is -0.110. The van der Waals surface area contributed by atoms with E-state index in [0.717, 1.165) is 28.1 Å². The van der Waals surface area contributed by atoms with Crippen molar-refractivity contribution in [2.24, 2.45) is 0 Å². The van der Waals surface area contributed by atoms with E-state index >= 15 is 0 Å². The number of anilines is 1. The predicted octanol–water partition coefficient (Wildman–Crippen LogP) is 7.02. The summed E-state index contributed by atoms with van der Waals surface area (Å²) < 4.78 is 5.31. The average Bonchev–Trinajstić information content (AvgIpc) is 3.02. The molecule has 0 aliphatic carbocycles. The molecule has 1 aromatic heterocycles. The Morgan fingerprint density at radius 2 is 1.40 bits per heavy atom. The number of aromatic nitrogens is 1. The number of carbonyl (C=O) groups excluding carboxylic acids is 2. The fourth-order valence-corrected chi connectivity index (χ4v) is 5.60. The van der Waals surface area contributed by atoms with Crippen molar-refractivity contribution in [1.29, 1.82) is 0 Å². The fourth-order valence-electron chi connectivity index (χ4n) is 5.60. The van der Waals surface area contributed by atoms with Crippen LogP contribution in [0.4, 0.5) is 10.5 Å². The molecule has 224 valence electrons. The van der Waals surface area contributed by atoms with Crippen molar-refractivity contribution in [3.63, 3.8) is 0 Å². The van der Waals surface area contributed by atoms with Crippen LogP contribution in [0.2, 0.25) is 0 Å². The molecule has 3 aromatic carbocycles. The fraction of sp³-hybridized carbons (Fsp3) is 0.306. The lowest BCUT2D eigenvalue weighted by Crippen LogP contribution is -2.48. The van der Waals surface area contributed by atoms with Gasteiger partial charge < -0.3 is 15.0 Å². The second kappa shape index (κ2) is 15.0. The molecular formula is C36H42N4O3. The Labute approximate surface area is 255 Å². The molecule has 0 fully saturated rings. The van der Waals surface area contributed by atoms with Gasteiger partial charge in [0.05, 0.1) is 19.6 Å². The van der Waals surface area contributed by atoms with E-state index in [1.54, 1.807) is 24.4 Å². The van der Waals surface area contributed by atoms with Crippen LogP contribution in [-0.2, 0) is 11.3 Å². The van der Waals surface area contributed by atoms with Gasteiger partial charge in [-0.05, 0) is 74.7 Å². The monoisotopic (exact) mass is 578 g/mol. The first kappa shape index (κ1) is 31.3. The summed E-state index contributed by atoms with van der Waals surface area (Å²) in [4.78, 5) is 36.4. The van der Waals surface area contributed by atoms with Gasteiger partial charge in [0.1, 0.15) is 5.75 Å². The predicted molar refractivity (Wildman–Crippen MR) is 172 cm³/mol. The van der Waals surface area contributed by atoms with E-state index in [9.17, 15) is 9.59 Å². The summed E-state index contributed by atoms with van der Waals surface area (Å²) in [7, 11) is 1.63. The van der Waals surface area contributed by atoms with E-state index in [2.05, 4.69) is 10.3 Å². The van der Waals surface area contributed by atoms with E-state index < -0.39 is 5.92 Å². The van der Waals surface area contributed by atoms with Gasteiger partial charge in [-0.15, -0.1) is 0 Å². The first-order chi connectivity index (χ1) is 20.8. The number of urea groups is 1. The van der Waals surface area contributed by atoms with Gasteiger partial charge in [0.15, 0.2) is 0 Å². The van der Waals surface area contributed by atoms with Crippen molar-refractivity contribution in [2.45, 2.75) is 58.2 Å². The van der Waals surface area contributed by atoms with Gasteiger partial charge in [-0.25, -0.2) is 4.79 Å². The second-order valence-electron chi connectivity index (χ2n) is 11.2. The first-order valence-electron chi connectivity index (χ1n) is 14.8. The molecule has 4 rings (SSSR count). The van der Waals surface area contributed by atoms with E-state index in [4.69, 9.17) is 4.74 Å². The van der Waals surface area contributed by atoms with Gasteiger partial charge >= 0.3 is 6.03 Å². The quantitative estimate of drug-likeness (QED) is 0.196. The number of para-hydroxylation sites is 1. The summed E-state index contributed by atoms with van der Waals surface area (Å²) in [5.41, 5.74) is 3.53. The Balaban J connectivity index is 1.69. The van der Waals surface area contributed by atoms with Crippen LogP contribution in [0.15, 0.2) is 109 Å². The number of hydrogen-bond acceptors (Lipinski definition) is 4. The Morgan fingerprint density at radius 1 is 0.791 bits per heavy atom. The third-order valence-corrected chi connectivity index (χ3v) is 7.59. The Kier molecular flexibility index (Phi) is 10.9. The van der Waals surface area contributed by atoms with Crippen LogP contribution < -0.4 is 15.0 Å². The molecule has 0 radical (unpaired) electrons. The minimum absolute atomic E-state index is 0.00996.